The Hall–Kier alpha value is -4.12. The molecule has 1 radical (unpaired) electrons. The van der Waals surface area contributed by atoms with Crippen LogP contribution in [0.2, 0.25) is 0 Å². The molecule has 2 aromatic carbocycles. The van der Waals surface area contributed by atoms with Crippen molar-refractivity contribution >= 4 is 81.6 Å². The molecule has 3 N–H and O–H groups in total. The van der Waals surface area contributed by atoms with Gasteiger partial charge in [-0.3, -0.25) is 0 Å². The molecule has 22 nitrogen and oxygen atoms in total. The number of aryl methyl sites for hydroxylation is 4. The second-order valence-corrected chi connectivity index (χ2v) is 22.7. The predicted octanol–water partition coefficient (Wildman–Crippen LogP) is 3.93. The van der Waals surface area contributed by atoms with Crippen molar-refractivity contribution in [1.29, 1.82) is 0 Å². The molecule has 5 aliphatic rings. The maximum Gasteiger partial charge on any atom is 2.00 e. The van der Waals surface area contributed by atoms with E-state index in [1.165, 1.54) is 45.5 Å². The second-order valence-electron chi connectivity index (χ2n) is 18.0. The molecule has 0 saturated carbocycles. The number of aromatic nitrogens is 11. The summed E-state index contributed by atoms with van der Waals surface area (Å²) in [5.74, 6) is 2.56. The number of allylic oxidation sites excluding steroid dienone is 2. The molecule has 0 fully saturated rings. The number of hydrogen-bond donors (Lipinski definition) is 3. The van der Waals surface area contributed by atoms with Gasteiger partial charge in [-0.05, 0) is 141 Å². The minimum atomic E-state index is -4.60. The molecule has 0 amide bonds. The Kier molecular flexibility index (Phi) is 33.9. The van der Waals surface area contributed by atoms with Gasteiger partial charge in [-0.25, -0.2) is 39.9 Å². The number of anilines is 3. The zero-order valence-corrected chi connectivity index (χ0v) is 52.7. The van der Waals surface area contributed by atoms with E-state index >= 15 is 0 Å². The van der Waals surface area contributed by atoms with E-state index in [-0.39, 0.29) is 157 Å². The summed E-state index contributed by atoms with van der Waals surface area (Å²) in [6, 6.07) is 13.1. The molecular weight excluding hydrogens is 1200 g/mol. The summed E-state index contributed by atoms with van der Waals surface area (Å²) in [6.45, 7) is 8.08. The van der Waals surface area contributed by atoms with Crippen molar-refractivity contribution in [3.05, 3.63) is 88.3 Å². The van der Waals surface area contributed by atoms with Crippen molar-refractivity contribution in [3.63, 3.8) is 0 Å². The summed E-state index contributed by atoms with van der Waals surface area (Å²) >= 11 is 0. The maximum absolute atomic E-state index is 11.2. The zero-order chi connectivity index (χ0) is 54.2. The van der Waals surface area contributed by atoms with Crippen molar-refractivity contribution in [2.75, 3.05) is 35.7 Å². The van der Waals surface area contributed by atoms with Gasteiger partial charge in [0.25, 0.3) is 0 Å². The van der Waals surface area contributed by atoms with Crippen LogP contribution in [0.15, 0.2) is 53.4 Å². The van der Waals surface area contributed by atoms with Crippen molar-refractivity contribution in [1.82, 2.24) is 59.5 Å². The van der Waals surface area contributed by atoms with Crippen LogP contribution in [-0.2, 0) is 79.4 Å². The third kappa shape index (κ3) is 20.2. The van der Waals surface area contributed by atoms with E-state index in [1.54, 1.807) is 0 Å². The third-order valence-corrected chi connectivity index (χ3v) is 15.1. The van der Waals surface area contributed by atoms with E-state index in [9.17, 15) is 34.4 Å². The molecule has 0 atom stereocenters. The molecule has 6 aromatic rings. The van der Waals surface area contributed by atoms with Crippen LogP contribution in [0.3, 0.4) is 0 Å². The van der Waals surface area contributed by atoms with Crippen LogP contribution in [-0.4, -0.2) is 104 Å². The fourth-order valence-electron chi connectivity index (χ4n) is 9.42. The summed E-state index contributed by atoms with van der Waals surface area (Å²) < 4.78 is 89.9. The smallest absolute Gasteiger partial charge is 0.748 e. The first-order valence-electron chi connectivity index (χ1n) is 25.7. The number of nitrogens with zero attached hydrogens (tertiary/aromatic N) is 11. The van der Waals surface area contributed by atoms with E-state index in [0.29, 0.717) is 17.3 Å². The third-order valence-electron chi connectivity index (χ3n) is 12.8. The van der Waals surface area contributed by atoms with E-state index in [0.717, 1.165) is 141 Å². The fraction of sp³-hybridized carbons (Fsp3) is 0.482. The summed E-state index contributed by atoms with van der Waals surface area (Å²) in [4.78, 5) is 52.5. The Morgan fingerprint density at radius 1 is 0.512 bits per heavy atom. The van der Waals surface area contributed by atoms with E-state index in [1.807, 2.05) is 39.8 Å². The maximum atomic E-state index is 11.2. The molecule has 28 heteroatoms. The summed E-state index contributed by atoms with van der Waals surface area (Å²) in [7, 11) is -12.4. The van der Waals surface area contributed by atoms with Gasteiger partial charge < -0.3 is 49.6 Å². The van der Waals surface area contributed by atoms with E-state index in [2.05, 4.69) is 42.4 Å². The number of hydrogen-bond acceptors (Lipinski definition) is 19. The minimum Gasteiger partial charge on any atom is -0.748 e. The van der Waals surface area contributed by atoms with Crippen LogP contribution >= 0.6 is 0 Å². The summed E-state index contributed by atoms with van der Waals surface area (Å²) in [5.41, 5.74) is 12.7. The van der Waals surface area contributed by atoms with Crippen LogP contribution in [0, 0.1) is 0 Å². The topological polar surface area (TPSA) is 329 Å². The molecule has 11 rings (SSSR count). The minimum absolute atomic E-state index is 0. The van der Waals surface area contributed by atoms with Crippen LogP contribution in [0.5, 0.6) is 0 Å². The van der Waals surface area contributed by atoms with Gasteiger partial charge in [0, 0.05) is 64.7 Å². The average molecular weight is 1280 g/mol. The normalized spacial score (nSPS) is 13.3. The molecular formula is C56H80CuN14Na2O8S3. The molecule has 4 aromatic heterocycles. The quantitative estimate of drug-likeness (QED) is 0.0886. The molecule has 453 valence electrons. The Balaban J connectivity index is 0.00000145. The molecule has 8 bridgehead atoms. The number of sulfonamides is 1. The first-order chi connectivity index (χ1) is 36.5. The monoisotopic (exact) mass is 1280 g/mol. The number of rotatable bonds is 12. The van der Waals surface area contributed by atoms with Crippen LogP contribution < -0.4 is 84.4 Å². The number of benzene rings is 2. The number of nitrogens with one attached hydrogen (secondary N) is 3. The van der Waals surface area contributed by atoms with Crippen molar-refractivity contribution in [2.24, 2.45) is 0 Å². The first-order valence-corrected chi connectivity index (χ1v) is 30.6. The first kappa shape index (κ1) is 79.9. The van der Waals surface area contributed by atoms with Gasteiger partial charge in [-0.1, -0.05) is 89.1 Å². The fourth-order valence-corrected chi connectivity index (χ4v) is 10.9. The van der Waals surface area contributed by atoms with Crippen molar-refractivity contribution in [3.8, 4) is 22.8 Å². The van der Waals surface area contributed by atoms with Gasteiger partial charge in [-0.2, -0.15) is 15.0 Å². The van der Waals surface area contributed by atoms with Crippen LogP contribution in [0.25, 0.3) is 56.5 Å². The molecule has 0 spiro atoms. The Labute approximate surface area is 552 Å². The summed E-state index contributed by atoms with van der Waals surface area (Å²) in [5, 5.41) is 5.56. The van der Waals surface area contributed by atoms with Gasteiger partial charge in [0.2, 0.25) is 21.9 Å². The Morgan fingerprint density at radius 2 is 0.917 bits per heavy atom. The molecule has 0 unspecified atom stereocenters. The van der Waals surface area contributed by atoms with Gasteiger partial charge >= 0.3 is 76.2 Å². The molecule has 84 heavy (non-hydrogen) atoms. The largest absolute Gasteiger partial charge is 2.00 e. The molecule has 6 heterocycles. The predicted molar refractivity (Wildman–Crippen MR) is 321 cm³/mol. The van der Waals surface area contributed by atoms with E-state index in [4.69, 9.17) is 39.9 Å². The number of fused-ring (bicyclic) bond motifs is 19. The van der Waals surface area contributed by atoms with Gasteiger partial charge in [0.15, 0.2) is 0 Å². The van der Waals surface area contributed by atoms with E-state index < -0.39 is 40.9 Å². The van der Waals surface area contributed by atoms with Crippen LogP contribution in [0.4, 0.5) is 17.6 Å². The van der Waals surface area contributed by atoms with Crippen LogP contribution in [0.1, 0.15) is 162 Å². The average Bonchev–Trinajstić information content (AvgIpc) is 4.36. The Bertz CT molecular complexity index is 3550. The van der Waals surface area contributed by atoms with Gasteiger partial charge in [0.05, 0.1) is 44.6 Å². The standard InChI is InChI=1S/C32H28N8.C15H22N6O8S3.2C2H6.5CH4.Cu.2Na/c1-2-10-18-17(9-1)25-33-26(18)38-28-21-13-5-6-14-22(21)30(35-28)40-32-24-16-8-7-15-23(24)31(36-32)39-29-20-12-4-3-11-19(20)27(34-29)37-25;1-30(22,23)17-9-7-13-19-14(16-8-2-10-31(24,25)26)21-15(20-13)18-11-3-5-12(6-4-11)32(27,28)29;2*1-2;;;;;;;;/h1-2,9-10H,3-8,11-16H2;3-6,17H,2,7-10H2,1H3,(H,24,25,26)(H,27,28,29)(H2,16,18,19,20,21);2*1-2H3;5*1H4;;;/q-2;;;;;;;;;+2;2*+1/p-2. The molecule has 0 saturated heterocycles. The zero-order valence-electron chi connectivity index (χ0n) is 45.4. The van der Waals surface area contributed by atoms with Gasteiger partial charge in [0.1, 0.15) is 15.9 Å². The second kappa shape index (κ2) is 35.6. The van der Waals surface area contributed by atoms with Crippen molar-refractivity contribution < 1.29 is 111 Å². The molecule has 2 aliphatic heterocycles. The van der Waals surface area contributed by atoms with Gasteiger partial charge in [-0.15, -0.1) is 0 Å². The van der Waals surface area contributed by atoms with Crippen molar-refractivity contribution in [2.45, 2.75) is 160 Å². The summed E-state index contributed by atoms with van der Waals surface area (Å²) in [6.07, 6.45) is 13.8. The Morgan fingerprint density at radius 3 is 1.33 bits per heavy atom. The SMILES string of the molecule is C.C.C.C.C.CC.CC.CS(=O)(=O)NCCc1nc(NCCCS(=O)(=O)[O-])nc(Nc2ccc(S(=O)(=O)[O-])cc2)n1.[Cu+2].[Na+].[Na+].c1ccc2c(c1)-c1nc-2nc2[n-]c(nc3nc(nc4[n-]c(n1)c1c4CCCC1)C1=C3CCCC1)c1c2CCCC1. The molecule has 3 aliphatic carbocycles.